The first-order chi connectivity index (χ1) is 10.8. The Morgan fingerprint density at radius 3 is 3.14 bits per heavy atom. The molecule has 0 N–H and O–H groups in total. The van der Waals surface area contributed by atoms with Crippen LogP contribution in [0.25, 0.3) is 10.8 Å². The van der Waals surface area contributed by atoms with Gasteiger partial charge >= 0.3 is 0 Å². The molecular weight excluding hydrogens is 300 g/mol. The van der Waals surface area contributed by atoms with Crippen molar-refractivity contribution in [2.75, 3.05) is 13.2 Å². The van der Waals surface area contributed by atoms with Crippen LogP contribution in [0.5, 0.6) is 0 Å². The number of aromatic nitrogens is 1. The zero-order valence-corrected chi connectivity index (χ0v) is 13.1. The molecule has 2 aliphatic rings. The van der Waals surface area contributed by atoms with Gasteiger partial charge in [-0.1, -0.05) is 12.8 Å². The Bertz CT molecular complexity index is 650. The molecule has 1 aliphatic heterocycles. The van der Waals surface area contributed by atoms with Gasteiger partial charge in [0.25, 0.3) is 5.91 Å². The summed E-state index contributed by atoms with van der Waals surface area (Å²) in [5.41, 5.74) is 0.516. The third-order valence-corrected chi connectivity index (χ3v) is 5.31. The van der Waals surface area contributed by atoms with Crippen LogP contribution < -0.4 is 0 Å². The number of carbonyl (C=O) groups is 1. The van der Waals surface area contributed by atoms with Gasteiger partial charge in [0, 0.05) is 11.9 Å². The Kier molecular flexibility index (Phi) is 3.72. The smallest absolute Gasteiger partial charge is 0.273 e. The Hall–Kier alpha value is -1.66. The highest BCUT2D eigenvalue weighted by Gasteiger charge is 2.37. The molecule has 116 valence electrons. The van der Waals surface area contributed by atoms with E-state index in [1.807, 2.05) is 22.4 Å². The van der Waals surface area contributed by atoms with Crippen molar-refractivity contribution in [1.29, 1.82) is 0 Å². The fraction of sp³-hybridized carbons (Fsp3) is 0.500. The summed E-state index contributed by atoms with van der Waals surface area (Å²) in [5, 5.41) is 2.58. The standard InChI is InChI=1S/C16H18N2O3S/c19-16(11-10-22-15(17-11)14-6-3-8-20-14)18-7-9-21-13-5-2-1-4-12(13)18/h3,6,8,10,12-13H,1-2,4-5,7,9H2/t12-,13-/m1/s1. The molecule has 5 nitrogen and oxygen atoms in total. The molecule has 0 spiro atoms. The van der Waals surface area contributed by atoms with E-state index in [0.717, 1.165) is 17.8 Å². The lowest BCUT2D eigenvalue weighted by Gasteiger charge is -2.43. The number of carbonyl (C=O) groups excluding carboxylic acids is 1. The second kappa shape index (κ2) is 5.85. The maximum absolute atomic E-state index is 12.8. The van der Waals surface area contributed by atoms with E-state index in [2.05, 4.69) is 4.98 Å². The molecule has 3 heterocycles. The molecule has 0 unspecified atom stereocenters. The minimum absolute atomic E-state index is 0.0225. The van der Waals surface area contributed by atoms with Gasteiger partial charge in [-0.2, -0.15) is 0 Å². The summed E-state index contributed by atoms with van der Waals surface area (Å²) >= 11 is 1.45. The fourth-order valence-corrected chi connectivity index (χ4v) is 4.14. The average molecular weight is 318 g/mol. The van der Waals surface area contributed by atoms with E-state index in [4.69, 9.17) is 9.15 Å². The third kappa shape index (κ3) is 2.46. The van der Waals surface area contributed by atoms with Gasteiger partial charge in [-0.05, 0) is 25.0 Å². The number of amides is 1. The Labute approximate surface area is 132 Å². The van der Waals surface area contributed by atoms with E-state index in [0.29, 0.717) is 24.6 Å². The minimum atomic E-state index is 0.0225. The van der Waals surface area contributed by atoms with Crippen LogP contribution in [0.4, 0.5) is 0 Å². The first-order valence-corrected chi connectivity index (χ1v) is 8.63. The number of nitrogens with zero attached hydrogens (tertiary/aromatic N) is 2. The number of fused-ring (bicyclic) bond motifs is 1. The molecule has 6 heteroatoms. The van der Waals surface area contributed by atoms with E-state index in [9.17, 15) is 4.79 Å². The highest BCUT2D eigenvalue weighted by atomic mass is 32.1. The SMILES string of the molecule is O=C(c1csc(-c2ccco2)n1)N1CCO[C@@H]2CCCC[C@H]21. The van der Waals surface area contributed by atoms with E-state index in [1.165, 1.54) is 24.2 Å². The van der Waals surface area contributed by atoms with Gasteiger partial charge in [0.05, 0.1) is 25.0 Å². The molecule has 0 radical (unpaired) electrons. The predicted octanol–water partition coefficient (Wildman–Crippen LogP) is 3.19. The molecular formula is C16H18N2O3S. The Morgan fingerprint density at radius 2 is 2.27 bits per heavy atom. The fourth-order valence-electron chi connectivity index (χ4n) is 3.38. The van der Waals surface area contributed by atoms with Gasteiger partial charge in [0.1, 0.15) is 5.69 Å². The number of hydrogen-bond donors (Lipinski definition) is 0. The van der Waals surface area contributed by atoms with Crippen LogP contribution in [-0.2, 0) is 4.74 Å². The van der Waals surface area contributed by atoms with Crippen molar-refractivity contribution < 1.29 is 13.9 Å². The Morgan fingerprint density at radius 1 is 1.36 bits per heavy atom. The molecule has 0 bridgehead atoms. The number of rotatable bonds is 2. The zero-order valence-electron chi connectivity index (χ0n) is 12.2. The maximum Gasteiger partial charge on any atom is 0.273 e. The van der Waals surface area contributed by atoms with Crippen molar-refractivity contribution >= 4 is 17.2 Å². The van der Waals surface area contributed by atoms with Crippen LogP contribution in [0.1, 0.15) is 36.2 Å². The quantitative estimate of drug-likeness (QED) is 0.853. The highest BCUT2D eigenvalue weighted by Crippen LogP contribution is 2.30. The number of furan rings is 1. The van der Waals surface area contributed by atoms with Crippen LogP contribution >= 0.6 is 11.3 Å². The van der Waals surface area contributed by atoms with Gasteiger partial charge < -0.3 is 14.1 Å². The van der Waals surface area contributed by atoms with Crippen molar-refractivity contribution in [2.45, 2.75) is 37.8 Å². The molecule has 0 aromatic carbocycles. The van der Waals surface area contributed by atoms with Gasteiger partial charge in [0.15, 0.2) is 10.8 Å². The van der Waals surface area contributed by atoms with E-state index in [-0.39, 0.29) is 18.1 Å². The van der Waals surface area contributed by atoms with E-state index in [1.54, 1.807) is 6.26 Å². The van der Waals surface area contributed by atoms with Crippen molar-refractivity contribution in [1.82, 2.24) is 9.88 Å². The van der Waals surface area contributed by atoms with Gasteiger partial charge in [-0.3, -0.25) is 4.79 Å². The molecule has 2 aromatic rings. The lowest BCUT2D eigenvalue weighted by atomic mass is 9.90. The van der Waals surface area contributed by atoms with Crippen molar-refractivity contribution in [2.24, 2.45) is 0 Å². The van der Waals surface area contributed by atoms with Crippen molar-refractivity contribution in [3.8, 4) is 10.8 Å². The van der Waals surface area contributed by atoms with Crippen LogP contribution in [0.2, 0.25) is 0 Å². The molecule has 22 heavy (non-hydrogen) atoms. The highest BCUT2D eigenvalue weighted by molar-refractivity contribution is 7.13. The third-order valence-electron chi connectivity index (χ3n) is 4.45. The van der Waals surface area contributed by atoms with E-state index >= 15 is 0 Å². The second-order valence-corrected chi connectivity index (χ2v) is 6.63. The molecule has 2 atom stereocenters. The molecule has 1 aliphatic carbocycles. The van der Waals surface area contributed by atoms with E-state index < -0.39 is 0 Å². The summed E-state index contributed by atoms with van der Waals surface area (Å²) in [5.74, 6) is 0.732. The zero-order chi connectivity index (χ0) is 14.9. The predicted molar refractivity (Wildman–Crippen MR) is 82.8 cm³/mol. The number of hydrogen-bond acceptors (Lipinski definition) is 5. The Balaban J connectivity index is 1.56. The average Bonchev–Trinajstić information content (AvgIpc) is 3.24. The summed E-state index contributed by atoms with van der Waals surface area (Å²) in [6.07, 6.45) is 6.28. The van der Waals surface area contributed by atoms with Gasteiger partial charge in [-0.15, -0.1) is 11.3 Å². The number of ether oxygens (including phenoxy) is 1. The van der Waals surface area contributed by atoms with Crippen molar-refractivity contribution in [3.05, 3.63) is 29.5 Å². The molecule has 2 fully saturated rings. The van der Waals surface area contributed by atoms with Crippen LogP contribution in [0.3, 0.4) is 0 Å². The topological polar surface area (TPSA) is 55.6 Å². The number of thiazole rings is 1. The lowest BCUT2D eigenvalue weighted by molar-refractivity contribution is -0.0754. The van der Waals surface area contributed by atoms with Crippen LogP contribution in [0, 0.1) is 0 Å². The van der Waals surface area contributed by atoms with Gasteiger partial charge in [-0.25, -0.2) is 4.98 Å². The summed E-state index contributed by atoms with van der Waals surface area (Å²) in [6, 6.07) is 3.90. The molecule has 1 saturated heterocycles. The monoisotopic (exact) mass is 318 g/mol. The van der Waals surface area contributed by atoms with Crippen LogP contribution in [-0.4, -0.2) is 41.1 Å². The second-order valence-electron chi connectivity index (χ2n) is 5.77. The minimum Gasteiger partial charge on any atom is -0.462 e. The maximum atomic E-state index is 12.8. The molecule has 2 aromatic heterocycles. The normalized spacial score (nSPS) is 25.0. The van der Waals surface area contributed by atoms with Crippen LogP contribution in [0.15, 0.2) is 28.2 Å². The van der Waals surface area contributed by atoms with Gasteiger partial charge in [0.2, 0.25) is 0 Å². The summed E-state index contributed by atoms with van der Waals surface area (Å²) in [6.45, 7) is 1.29. The summed E-state index contributed by atoms with van der Waals surface area (Å²) in [7, 11) is 0. The molecule has 1 saturated carbocycles. The summed E-state index contributed by atoms with van der Waals surface area (Å²) < 4.78 is 11.2. The molecule has 4 rings (SSSR count). The first kappa shape index (κ1) is 14.0. The number of morpholine rings is 1. The summed E-state index contributed by atoms with van der Waals surface area (Å²) in [4.78, 5) is 19.2. The first-order valence-electron chi connectivity index (χ1n) is 7.75. The molecule has 1 amide bonds. The van der Waals surface area contributed by atoms with Crippen molar-refractivity contribution in [3.63, 3.8) is 0 Å². The largest absolute Gasteiger partial charge is 0.462 e. The lowest BCUT2D eigenvalue weighted by Crippen LogP contribution is -2.54.